The van der Waals surface area contributed by atoms with Gasteiger partial charge in [-0.2, -0.15) is 0 Å². The molecular formula is C33H24N2. The van der Waals surface area contributed by atoms with Crippen LogP contribution >= 0.6 is 0 Å². The molecule has 6 aromatic rings. The van der Waals surface area contributed by atoms with Crippen molar-refractivity contribution in [3.8, 4) is 16.8 Å². The van der Waals surface area contributed by atoms with Gasteiger partial charge in [0.05, 0.1) is 22.4 Å². The monoisotopic (exact) mass is 448 g/mol. The van der Waals surface area contributed by atoms with Crippen LogP contribution in [-0.2, 0) is 11.8 Å². The molecule has 0 atom stereocenters. The van der Waals surface area contributed by atoms with Crippen LogP contribution in [0.5, 0.6) is 0 Å². The highest BCUT2D eigenvalue weighted by molar-refractivity contribution is 6.19. The number of rotatable bonds is 1. The molecule has 35 heavy (non-hydrogen) atoms. The quantitative estimate of drug-likeness (QED) is 0.240. The molecule has 8 rings (SSSR count). The number of para-hydroxylation sites is 2. The first-order valence-electron chi connectivity index (χ1n) is 12.4. The Morgan fingerprint density at radius 3 is 2.51 bits per heavy atom. The molecule has 0 N–H and O–H groups in total. The van der Waals surface area contributed by atoms with Crippen molar-refractivity contribution in [2.45, 2.75) is 25.7 Å². The first-order valence-corrected chi connectivity index (χ1v) is 12.4. The fourth-order valence-electron chi connectivity index (χ4n) is 6.54. The second-order valence-corrected chi connectivity index (χ2v) is 10.4. The molecule has 2 heteroatoms. The molecule has 166 valence electrons. The van der Waals surface area contributed by atoms with E-state index in [1.807, 2.05) is 6.21 Å². The molecular weight excluding hydrogens is 424 g/mol. The SMILES string of the molecule is CC1(C)c2ccccc2-c2cc3ccc4c5ccccc5n(-c5cccc6c5N=CC6)c4c3cc21. The Kier molecular flexibility index (Phi) is 3.55. The largest absolute Gasteiger partial charge is 0.306 e. The number of nitrogens with zero attached hydrogens (tertiary/aromatic N) is 2. The first kappa shape index (κ1) is 19.2. The van der Waals surface area contributed by atoms with Crippen molar-refractivity contribution in [3.63, 3.8) is 0 Å². The van der Waals surface area contributed by atoms with Gasteiger partial charge in [-0.05, 0) is 57.5 Å². The summed E-state index contributed by atoms with van der Waals surface area (Å²) in [4.78, 5) is 4.81. The molecule has 5 aromatic carbocycles. The van der Waals surface area contributed by atoms with Gasteiger partial charge in [0, 0.05) is 34.2 Å². The van der Waals surface area contributed by atoms with Crippen LogP contribution in [0.25, 0.3) is 49.4 Å². The van der Waals surface area contributed by atoms with Gasteiger partial charge in [-0.25, -0.2) is 0 Å². The Bertz CT molecular complexity index is 1900. The zero-order valence-corrected chi connectivity index (χ0v) is 19.8. The van der Waals surface area contributed by atoms with Crippen LogP contribution in [0.15, 0.2) is 96.0 Å². The van der Waals surface area contributed by atoms with E-state index in [0.717, 1.165) is 17.8 Å². The molecule has 1 aliphatic heterocycles. The molecule has 0 radical (unpaired) electrons. The summed E-state index contributed by atoms with van der Waals surface area (Å²) in [6, 6.07) is 33.7. The summed E-state index contributed by atoms with van der Waals surface area (Å²) in [5.74, 6) is 0. The first-order chi connectivity index (χ1) is 17.1. The Balaban J connectivity index is 1.56. The molecule has 0 fully saturated rings. The van der Waals surface area contributed by atoms with Crippen LogP contribution < -0.4 is 0 Å². The fraction of sp³-hybridized carbons (Fsp3) is 0.121. The predicted octanol–water partition coefficient (Wildman–Crippen LogP) is 8.50. The molecule has 0 unspecified atom stereocenters. The van der Waals surface area contributed by atoms with Crippen LogP contribution in [0, 0.1) is 0 Å². The summed E-state index contributed by atoms with van der Waals surface area (Å²) in [7, 11) is 0. The third-order valence-electron chi connectivity index (χ3n) is 8.22. The number of hydrogen-bond acceptors (Lipinski definition) is 1. The van der Waals surface area contributed by atoms with Gasteiger partial charge >= 0.3 is 0 Å². The van der Waals surface area contributed by atoms with Gasteiger partial charge in [0.15, 0.2) is 0 Å². The lowest BCUT2D eigenvalue weighted by atomic mass is 9.82. The van der Waals surface area contributed by atoms with Gasteiger partial charge < -0.3 is 4.57 Å². The van der Waals surface area contributed by atoms with Gasteiger partial charge in [0.25, 0.3) is 0 Å². The summed E-state index contributed by atoms with van der Waals surface area (Å²) >= 11 is 0. The molecule has 0 saturated heterocycles. The third kappa shape index (κ3) is 2.37. The normalized spacial score (nSPS) is 15.1. The molecule has 2 heterocycles. The topological polar surface area (TPSA) is 17.3 Å². The van der Waals surface area contributed by atoms with E-state index in [0.29, 0.717) is 0 Å². The molecule has 2 nitrogen and oxygen atoms in total. The number of hydrogen-bond donors (Lipinski definition) is 0. The van der Waals surface area contributed by atoms with Gasteiger partial charge in [-0.1, -0.05) is 80.6 Å². The van der Waals surface area contributed by atoms with Crippen LogP contribution in [0.1, 0.15) is 30.5 Å². The van der Waals surface area contributed by atoms with Crippen molar-refractivity contribution in [1.29, 1.82) is 0 Å². The molecule has 2 aliphatic rings. The molecule has 0 spiro atoms. The van der Waals surface area contributed by atoms with Gasteiger partial charge in [0.2, 0.25) is 0 Å². The Morgan fingerprint density at radius 1 is 0.714 bits per heavy atom. The molecule has 0 bridgehead atoms. The zero-order valence-electron chi connectivity index (χ0n) is 19.8. The van der Waals surface area contributed by atoms with E-state index < -0.39 is 0 Å². The molecule has 0 amide bonds. The Hall–Kier alpha value is -4.17. The summed E-state index contributed by atoms with van der Waals surface area (Å²) in [6.07, 6.45) is 2.94. The molecule has 1 aliphatic carbocycles. The minimum absolute atomic E-state index is 0.0303. The minimum Gasteiger partial charge on any atom is -0.306 e. The maximum Gasteiger partial charge on any atom is 0.0901 e. The van der Waals surface area contributed by atoms with Crippen LogP contribution in [0.2, 0.25) is 0 Å². The van der Waals surface area contributed by atoms with E-state index in [9.17, 15) is 0 Å². The molecule has 1 aromatic heterocycles. The highest BCUT2D eigenvalue weighted by Gasteiger charge is 2.35. The third-order valence-corrected chi connectivity index (χ3v) is 8.22. The van der Waals surface area contributed by atoms with E-state index in [1.165, 1.54) is 60.4 Å². The minimum atomic E-state index is -0.0303. The predicted molar refractivity (Wildman–Crippen MR) is 148 cm³/mol. The second-order valence-electron chi connectivity index (χ2n) is 10.4. The molecule has 0 saturated carbocycles. The second kappa shape index (κ2) is 6.49. The average molecular weight is 449 g/mol. The number of aliphatic imine (C=N–C) groups is 1. The van der Waals surface area contributed by atoms with E-state index >= 15 is 0 Å². The average Bonchev–Trinajstić information content (AvgIpc) is 3.56. The number of fused-ring (bicyclic) bond motifs is 9. The zero-order chi connectivity index (χ0) is 23.3. The van der Waals surface area contributed by atoms with Crippen molar-refractivity contribution < 1.29 is 0 Å². The highest BCUT2D eigenvalue weighted by Crippen LogP contribution is 2.51. The Morgan fingerprint density at radius 2 is 1.57 bits per heavy atom. The van der Waals surface area contributed by atoms with Crippen molar-refractivity contribution in [3.05, 3.63) is 108 Å². The van der Waals surface area contributed by atoms with Crippen LogP contribution in [0.3, 0.4) is 0 Å². The van der Waals surface area contributed by atoms with E-state index in [-0.39, 0.29) is 5.41 Å². The summed E-state index contributed by atoms with van der Waals surface area (Å²) < 4.78 is 2.45. The Labute approximate surface area is 204 Å². The maximum atomic E-state index is 4.81. The summed E-state index contributed by atoms with van der Waals surface area (Å²) in [5.41, 5.74) is 11.6. The van der Waals surface area contributed by atoms with Crippen LogP contribution in [-0.4, -0.2) is 10.8 Å². The smallest absolute Gasteiger partial charge is 0.0901 e. The van der Waals surface area contributed by atoms with Crippen molar-refractivity contribution in [2.75, 3.05) is 0 Å². The lowest BCUT2D eigenvalue weighted by Crippen LogP contribution is -2.14. The van der Waals surface area contributed by atoms with Crippen LogP contribution in [0.4, 0.5) is 5.69 Å². The lowest BCUT2D eigenvalue weighted by Gasteiger charge is -2.22. The number of benzene rings is 5. The van der Waals surface area contributed by atoms with Crippen molar-refractivity contribution in [2.24, 2.45) is 4.99 Å². The lowest BCUT2D eigenvalue weighted by molar-refractivity contribution is 0.661. The summed E-state index contributed by atoms with van der Waals surface area (Å²) in [6.45, 7) is 4.72. The van der Waals surface area contributed by atoms with Crippen molar-refractivity contribution >= 4 is 44.5 Å². The standard InChI is InChI=1S/C33H24N2/c1-33(2)27-11-5-3-9-22(27)26-18-21-14-15-24-23-10-4-6-12-29(23)35(32(24)25(21)19-28(26)33)30-13-7-8-20-16-17-34-31(20)30/h3-15,17-19H,16H2,1-2H3. The van der Waals surface area contributed by atoms with Gasteiger partial charge in [-0.15, -0.1) is 0 Å². The maximum absolute atomic E-state index is 4.81. The summed E-state index contributed by atoms with van der Waals surface area (Å²) in [5, 5.41) is 5.16. The fourth-order valence-corrected chi connectivity index (χ4v) is 6.54. The van der Waals surface area contributed by atoms with E-state index in [2.05, 4.69) is 109 Å². The highest BCUT2D eigenvalue weighted by atomic mass is 15.0. The van der Waals surface area contributed by atoms with E-state index in [4.69, 9.17) is 4.99 Å². The number of aromatic nitrogens is 1. The van der Waals surface area contributed by atoms with E-state index in [1.54, 1.807) is 0 Å². The van der Waals surface area contributed by atoms with Gasteiger partial charge in [0.1, 0.15) is 0 Å². The van der Waals surface area contributed by atoms with Crippen molar-refractivity contribution in [1.82, 2.24) is 4.57 Å². The van der Waals surface area contributed by atoms with Gasteiger partial charge in [-0.3, -0.25) is 4.99 Å².